The molecule has 2 aromatic rings. The van der Waals surface area contributed by atoms with Crippen molar-refractivity contribution in [2.24, 2.45) is 5.92 Å². The predicted molar refractivity (Wildman–Crippen MR) is 125 cm³/mol. The Kier molecular flexibility index (Phi) is 9.00. The van der Waals surface area contributed by atoms with Gasteiger partial charge in [-0.1, -0.05) is 25.4 Å². The van der Waals surface area contributed by atoms with Crippen molar-refractivity contribution in [2.45, 2.75) is 53.1 Å². The Morgan fingerprint density at radius 2 is 1.71 bits per heavy atom. The third-order valence-corrected chi connectivity index (χ3v) is 5.88. The molecule has 0 bridgehead atoms. The van der Waals surface area contributed by atoms with Crippen molar-refractivity contribution in [3.05, 3.63) is 45.9 Å². The van der Waals surface area contributed by atoms with E-state index in [-0.39, 0.29) is 42.8 Å². The molecular formula is C22H29ClN4O3S. The predicted octanol–water partition coefficient (Wildman–Crippen LogP) is 3.99. The van der Waals surface area contributed by atoms with E-state index in [4.69, 9.17) is 11.6 Å². The minimum absolute atomic E-state index is 0.0745. The van der Waals surface area contributed by atoms with Gasteiger partial charge in [-0.3, -0.25) is 14.4 Å². The van der Waals surface area contributed by atoms with Crippen LogP contribution in [0.25, 0.3) is 0 Å². The number of nitrogens with zero attached hydrogens (tertiary/aromatic N) is 2. The molecule has 9 heteroatoms. The van der Waals surface area contributed by atoms with Crippen molar-refractivity contribution in [1.29, 1.82) is 0 Å². The number of rotatable bonds is 9. The largest absolute Gasteiger partial charge is 0.353 e. The van der Waals surface area contributed by atoms with Crippen LogP contribution < -0.4 is 10.6 Å². The molecule has 0 aliphatic heterocycles. The Balaban J connectivity index is 1.95. The van der Waals surface area contributed by atoms with Gasteiger partial charge in [-0.25, -0.2) is 4.98 Å². The molecule has 0 aliphatic rings. The van der Waals surface area contributed by atoms with Crippen LogP contribution in [0.3, 0.4) is 0 Å². The molecule has 7 nitrogen and oxygen atoms in total. The molecule has 0 aliphatic carbocycles. The topological polar surface area (TPSA) is 91.4 Å². The zero-order valence-electron chi connectivity index (χ0n) is 18.4. The number of hydrogen-bond acceptors (Lipinski definition) is 5. The van der Waals surface area contributed by atoms with Crippen molar-refractivity contribution in [3.63, 3.8) is 0 Å². The van der Waals surface area contributed by atoms with E-state index in [1.807, 2.05) is 34.6 Å². The number of anilines is 1. The third-order valence-electron chi connectivity index (χ3n) is 4.82. The molecule has 1 aromatic heterocycles. The Morgan fingerprint density at radius 3 is 2.29 bits per heavy atom. The van der Waals surface area contributed by atoms with Crippen LogP contribution in [0, 0.1) is 5.92 Å². The van der Waals surface area contributed by atoms with Crippen molar-refractivity contribution in [2.75, 3.05) is 11.9 Å². The number of nitrogens with one attached hydrogen (secondary N) is 2. The van der Waals surface area contributed by atoms with Gasteiger partial charge in [0.15, 0.2) is 5.13 Å². The average Bonchev–Trinajstić information content (AvgIpc) is 3.12. The molecular weight excluding hydrogens is 436 g/mol. The maximum Gasteiger partial charge on any atom is 0.254 e. The fourth-order valence-electron chi connectivity index (χ4n) is 2.64. The van der Waals surface area contributed by atoms with Crippen molar-refractivity contribution in [3.8, 4) is 0 Å². The lowest BCUT2D eigenvalue weighted by Crippen LogP contribution is -2.42. The van der Waals surface area contributed by atoms with Crippen LogP contribution >= 0.6 is 22.9 Å². The maximum absolute atomic E-state index is 12.8. The summed E-state index contributed by atoms with van der Waals surface area (Å²) in [5, 5.41) is 8.33. The molecule has 1 heterocycles. The van der Waals surface area contributed by atoms with Crippen LogP contribution in [0.2, 0.25) is 5.02 Å². The first-order valence-electron chi connectivity index (χ1n) is 10.2. The molecule has 0 saturated heterocycles. The van der Waals surface area contributed by atoms with E-state index in [1.54, 1.807) is 29.6 Å². The van der Waals surface area contributed by atoms with E-state index in [9.17, 15) is 14.4 Å². The van der Waals surface area contributed by atoms with Crippen molar-refractivity contribution < 1.29 is 14.4 Å². The minimum Gasteiger partial charge on any atom is -0.353 e. The first-order chi connectivity index (χ1) is 14.6. The standard InChI is InChI=1S/C22H29ClN4O3S/c1-13(2)15(5)24-19(28)10-18-12-31-22(25-18)26-20(29)11-27(14(3)4)21(30)16-6-8-17(23)9-7-16/h6-9,12-15H,10-11H2,1-5H3,(H,24,28)(H,25,26,29). The van der Waals surface area contributed by atoms with Crippen LogP contribution in [0.15, 0.2) is 29.6 Å². The lowest BCUT2D eigenvalue weighted by Gasteiger charge is -2.26. The van der Waals surface area contributed by atoms with Crippen molar-refractivity contribution >= 4 is 45.8 Å². The normalized spacial score (nSPS) is 12.0. The van der Waals surface area contributed by atoms with Gasteiger partial charge < -0.3 is 15.5 Å². The van der Waals surface area contributed by atoms with E-state index in [2.05, 4.69) is 15.6 Å². The lowest BCUT2D eigenvalue weighted by atomic mass is 10.1. The Morgan fingerprint density at radius 1 is 1.06 bits per heavy atom. The highest BCUT2D eigenvalue weighted by molar-refractivity contribution is 7.13. The highest BCUT2D eigenvalue weighted by atomic mass is 35.5. The van der Waals surface area contributed by atoms with Crippen LogP contribution in [0.5, 0.6) is 0 Å². The molecule has 2 rings (SSSR count). The monoisotopic (exact) mass is 464 g/mol. The molecule has 31 heavy (non-hydrogen) atoms. The summed E-state index contributed by atoms with van der Waals surface area (Å²) < 4.78 is 0. The van der Waals surface area contributed by atoms with Gasteiger partial charge in [0, 0.05) is 28.0 Å². The summed E-state index contributed by atoms with van der Waals surface area (Å²) in [7, 11) is 0. The second-order valence-electron chi connectivity index (χ2n) is 8.00. The molecule has 0 radical (unpaired) electrons. The van der Waals surface area contributed by atoms with Gasteiger partial charge >= 0.3 is 0 Å². The number of hydrogen-bond donors (Lipinski definition) is 2. The number of thiazole rings is 1. The SMILES string of the molecule is CC(C)C(C)NC(=O)Cc1csc(NC(=O)CN(C(=O)c2ccc(Cl)cc2)C(C)C)n1. The van der Waals surface area contributed by atoms with Gasteiger partial charge in [-0.2, -0.15) is 0 Å². The first kappa shape index (κ1) is 24.8. The third kappa shape index (κ3) is 7.63. The maximum atomic E-state index is 12.8. The summed E-state index contributed by atoms with van der Waals surface area (Å²) in [6.45, 7) is 9.62. The number of carbonyl (C=O) groups excluding carboxylic acids is 3. The summed E-state index contributed by atoms with van der Waals surface area (Å²) in [5.41, 5.74) is 1.05. The Labute approximate surface area is 192 Å². The highest BCUT2D eigenvalue weighted by Crippen LogP contribution is 2.17. The fraction of sp³-hybridized carbons (Fsp3) is 0.455. The van der Waals surface area contributed by atoms with E-state index in [0.717, 1.165) is 0 Å². The minimum atomic E-state index is -0.352. The molecule has 0 fully saturated rings. The summed E-state index contributed by atoms with van der Waals surface area (Å²) >= 11 is 7.13. The summed E-state index contributed by atoms with van der Waals surface area (Å²) in [6.07, 6.45) is 0.149. The van der Waals surface area contributed by atoms with E-state index < -0.39 is 0 Å². The number of aromatic nitrogens is 1. The summed E-state index contributed by atoms with van der Waals surface area (Å²) in [4.78, 5) is 43.2. The van der Waals surface area contributed by atoms with Gasteiger partial charge in [0.1, 0.15) is 6.54 Å². The van der Waals surface area contributed by atoms with Gasteiger partial charge in [-0.05, 0) is 51.0 Å². The van der Waals surface area contributed by atoms with E-state index >= 15 is 0 Å². The number of carbonyl (C=O) groups is 3. The molecule has 0 spiro atoms. The molecule has 2 N–H and O–H groups in total. The lowest BCUT2D eigenvalue weighted by molar-refractivity contribution is -0.121. The van der Waals surface area contributed by atoms with Crippen LogP contribution in [0.4, 0.5) is 5.13 Å². The Bertz CT molecular complexity index is 912. The number of benzene rings is 1. The number of amides is 3. The zero-order valence-corrected chi connectivity index (χ0v) is 20.0. The first-order valence-corrected chi connectivity index (χ1v) is 11.4. The van der Waals surface area contributed by atoms with Gasteiger partial charge in [0.2, 0.25) is 11.8 Å². The highest BCUT2D eigenvalue weighted by Gasteiger charge is 2.22. The summed E-state index contributed by atoms with van der Waals surface area (Å²) in [5.74, 6) is -0.370. The van der Waals surface area contributed by atoms with Gasteiger partial charge in [0.25, 0.3) is 5.91 Å². The average molecular weight is 465 g/mol. The van der Waals surface area contributed by atoms with Gasteiger partial charge in [-0.15, -0.1) is 11.3 Å². The smallest absolute Gasteiger partial charge is 0.254 e. The van der Waals surface area contributed by atoms with Crippen LogP contribution in [-0.4, -0.2) is 46.2 Å². The molecule has 1 atom stereocenters. The molecule has 1 aromatic carbocycles. The second kappa shape index (κ2) is 11.2. The second-order valence-corrected chi connectivity index (χ2v) is 9.30. The Hall–Kier alpha value is -2.45. The molecule has 168 valence electrons. The van der Waals surface area contributed by atoms with E-state index in [0.29, 0.717) is 27.3 Å². The zero-order chi connectivity index (χ0) is 23.1. The van der Waals surface area contributed by atoms with Crippen molar-refractivity contribution in [1.82, 2.24) is 15.2 Å². The molecule has 1 unspecified atom stereocenters. The van der Waals surface area contributed by atoms with Gasteiger partial charge in [0.05, 0.1) is 12.1 Å². The van der Waals surface area contributed by atoms with E-state index in [1.165, 1.54) is 16.2 Å². The fourth-order valence-corrected chi connectivity index (χ4v) is 3.49. The van der Waals surface area contributed by atoms with Crippen LogP contribution in [0.1, 0.15) is 50.7 Å². The quantitative estimate of drug-likeness (QED) is 0.587. The molecule has 0 saturated carbocycles. The summed E-state index contributed by atoms with van der Waals surface area (Å²) in [6, 6.07) is 6.45. The number of halogens is 1. The van der Waals surface area contributed by atoms with Crippen LogP contribution in [-0.2, 0) is 16.0 Å². The molecule has 3 amide bonds.